The first kappa shape index (κ1) is 21.8. The highest BCUT2D eigenvalue weighted by Crippen LogP contribution is 2.35. The van der Waals surface area contributed by atoms with E-state index in [1.165, 1.54) is 10.4 Å². The maximum absolute atomic E-state index is 12.9. The van der Waals surface area contributed by atoms with Gasteiger partial charge in [-0.3, -0.25) is 9.59 Å². The van der Waals surface area contributed by atoms with Gasteiger partial charge in [-0.1, -0.05) is 32.9 Å². The molecule has 2 aromatic rings. The predicted molar refractivity (Wildman–Crippen MR) is 126 cm³/mol. The molecule has 166 valence electrons. The molecule has 1 saturated heterocycles. The molecule has 1 N–H and O–H groups in total. The van der Waals surface area contributed by atoms with Crippen LogP contribution >= 0.6 is 11.3 Å². The maximum Gasteiger partial charge on any atom is 0.227 e. The van der Waals surface area contributed by atoms with Crippen LogP contribution in [0.1, 0.15) is 55.7 Å². The molecule has 2 aliphatic rings. The standard InChI is InChI=1S/C24H32N4O2S/c1-4-22(29)27-11-13-28(14-12-27)24-26-20-10-7-18(15-21(20)31-24)23(30)25-19-8-5-17(6-9-19)16(2)3/h5-6,8-9,16,18H,4,7,10-15H2,1-3H3,(H,25,30)/t18-/m1/s1. The molecular formula is C24H32N4O2S. The van der Waals surface area contributed by atoms with Crippen molar-refractivity contribution in [2.75, 3.05) is 36.4 Å². The molecular weight excluding hydrogens is 408 g/mol. The number of hydrogen-bond acceptors (Lipinski definition) is 5. The quantitative estimate of drug-likeness (QED) is 0.761. The highest BCUT2D eigenvalue weighted by Gasteiger charge is 2.29. The zero-order valence-corrected chi connectivity index (χ0v) is 19.5. The lowest BCUT2D eigenvalue weighted by Gasteiger charge is -2.34. The van der Waals surface area contributed by atoms with Gasteiger partial charge in [0.2, 0.25) is 11.8 Å². The van der Waals surface area contributed by atoms with Crippen LogP contribution in [-0.2, 0) is 22.4 Å². The summed E-state index contributed by atoms with van der Waals surface area (Å²) in [6.07, 6.45) is 3.02. The third-order valence-corrected chi connectivity index (χ3v) is 7.53. The molecule has 1 fully saturated rings. The summed E-state index contributed by atoms with van der Waals surface area (Å²) < 4.78 is 0. The molecule has 1 aliphatic heterocycles. The Bertz CT molecular complexity index is 930. The first-order valence-corrected chi connectivity index (χ1v) is 12.2. The first-order chi connectivity index (χ1) is 14.9. The van der Waals surface area contributed by atoms with Gasteiger partial charge in [0, 0.05) is 49.1 Å². The summed E-state index contributed by atoms with van der Waals surface area (Å²) in [5.74, 6) is 0.803. The van der Waals surface area contributed by atoms with E-state index in [9.17, 15) is 9.59 Å². The van der Waals surface area contributed by atoms with E-state index in [0.29, 0.717) is 12.3 Å². The van der Waals surface area contributed by atoms with Gasteiger partial charge in [-0.05, 0) is 42.9 Å². The minimum Gasteiger partial charge on any atom is -0.345 e. The molecule has 0 radical (unpaired) electrons. The average molecular weight is 441 g/mol. The fourth-order valence-electron chi connectivity index (χ4n) is 4.29. The predicted octanol–water partition coefficient (Wildman–Crippen LogP) is 4.07. The number of rotatable bonds is 5. The molecule has 1 aromatic heterocycles. The second kappa shape index (κ2) is 9.39. The number of carbonyl (C=O) groups is 2. The van der Waals surface area contributed by atoms with Crippen LogP contribution in [0.2, 0.25) is 0 Å². The number of piperazine rings is 1. The molecule has 31 heavy (non-hydrogen) atoms. The van der Waals surface area contributed by atoms with Gasteiger partial charge in [0.05, 0.1) is 5.69 Å². The molecule has 2 amide bonds. The molecule has 0 spiro atoms. The van der Waals surface area contributed by atoms with Gasteiger partial charge in [-0.15, -0.1) is 11.3 Å². The van der Waals surface area contributed by atoms with Crippen molar-refractivity contribution in [1.82, 2.24) is 9.88 Å². The monoisotopic (exact) mass is 440 g/mol. The van der Waals surface area contributed by atoms with E-state index in [1.54, 1.807) is 11.3 Å². The summed E-state index contributed by atoms with van der Waals surface area (Å²) in [6, 6.07) is 8.16. The Morgan fingerprint density at radius 1 is 1.16 bits per heavy atom. The highest BCUT2D eigenvalue weighted by molar-refractivity contribution is 7.15. The highest BCUT2D eigenvalue weighted by atomic mass is 32.1. The van der Waals surface area contributed by atoms with E-state index in [4.69, 9.17) is 4.98 Å². The summed E-state index contributed by atoms with van der Waals surface area (Å²) in [7, 11) is 0. The van der Waals surface area contributed by atoms with Crippen molar-refractivity contribution in [3.8, 4) is 0 Å². The lowest BCUT2D eigenvalue weighted by molar-refractivity contribution is -0.131. The molecule has 1 aliphatic carbocycles. The van der Waals surface area contributed by atoms with Crippen molar-refractivity contribution in [2.45, 2.75) is 52.4 Å². The van der Waals surface area contributed by atoms with Crippen molar-refractivity contribution in [2.24, 2.45) is 5.92 Å². The molecule has 0 unspecified atom stereocenters. The van der Waals surface area contributed by atoms with Gasteiger partial charge in [-0.25, -0.2) is 4.98 Å². The van der Waals surface area contributed by atoms with Gasteiger partial charge >= 0.3 is 0 Å². The van der Waals surface area contributed by atoms with E-state index in [1.807, 2.05) is 24.0 Å². The molecule has 0 saturated carbocycles. The Balaban J connectivity index is 1.35. The molecule has 6 nitrogen and oxygen atoms in total. The number of fused-ring (bicyclic) bond motifs is 1. The Kier molecular flexibility index (Phi) is 6.60. The van der Waals surface area contributed by atoms with Crippen LogP contribution in [-0.4, -0.2) is 47.9 Å². The first-order valence-electron chi connectivity index (χ1n) is 11.4. The van der Waals surface area contributed by atoms with Gasteiger partial charge in [0.1, 0.15) is 0 Å². The number of amides is 2. The number of hydrogen-bond donors (Lipinski definition) is 1. The minimum atomic E-state index is -0.00963. The van der Waals surface area contributed by atoms with E-state index in [-0.39, 0.29) is 17.7 Å². The summed E-state index contributed by atoms with van der Waals surface area (Å²) in [5, 5.41) is 4.14. The van der Waals surface area contributed by atoms with Crippen molar-refractivity contribution in [1.29, 1.82) is 0 Å². The normalized spacial score (nSPS) is 18.8. The van der Waals surface area contributed by atoms with Gasteiger partial charge in [0.15, 0.2) is 5.13 Å². The average Bonchev–Trinajstić information content (AvgIpc) is 3.22. The largest absolute Gasteiger partial charge is 0.345 e. The summed E-state index contributed by atoms with van der Waals surface area (Å²) in [5.41, 5.74) is 3.29. The minimum absolute atomic E-state index is 0.00963. The molecule has 1 atom stereocenters. The zero-order valence-electron chi connectivity index (χ0n) is 18.7. The van der Waals surface area contributed by atoms with Crippen molar-refractivity contribution in [3.05, 3.63) is 40.4 Å². The maximum atomic E-state index is 12.9. The van der Waals surface area contributed by atoms with Gasteiger partial charge in [-0.2, -0.15) is 0 Å². The van der Waals surface area contributed by atoms with Crippen molar-refractivity contribution >= 4 is 34.0 Å². The number of benzene rings is 1. The second-order valence-electron chi connectivity index (χ2n) is 8.79. The SMILES string of the molecule is CCC(=O)N1CCN(c2nc3c(s2)C[C@H](C(=O)Nc2ccc(C(C)C)cc2)CC3)CC1. The topological polar surface area (TPSA) is 65.5 Å². The Hall–Kier alpha value is -2.41. The van der Waals surface area contributed by atoms with E-state index >= 15 is 0 Å². The number of thiazole rings is 1. The van der Waals surface area contributed by atoms with Crippen LogP contribution in [0, 0.1) is 5.92 Å². The molecule has 0 bridgehead atoms. The van der Waals surface area contributed by atoms with Gasteiger partial charge < -0.3 is 15.1 Å². The third-order valence-electron chi connectivity index (χ3n) is 6.35. The van der Waals surface area contributed by atoms with Crippen LogP contribution in [0.4, 0.5) is 10.8 Å². The fraction of sp³-hybridized carbons (Fsp3) is 0.542. The van der Waals surface area contributed by atoms with Crippen LogP contribution in [0.5, 0.6) is 0 Å². The zero-order chi connectivity index (χ0) is 22.0. The summed E-state index contributed by atoms with van der Waals surface area (Å²) >= 11 is 1.72. The number of aryl methyl sites for hydroxylation is 1. The van der Waals surface area contributed by atoms with Crippen molar-refractivity contribution in [3.63, 3.8) is 0 Å². The Morgan fingerprint density at radius 2 is 1.87 bits per heavy atom. The Labute approximate surface area is 188 Å². The second-order valence-corrected chi connectivity index (χ2v) is 9.86. The van der Waals surface area contributed by atoms with Crippen LogP contribution < -0.4 is 10.2 Å². The van der Waals surface area contributed by atoms with Crippen molar-refractivity contribution < 1.29 is 9.59 Å². The molecule has 7 heteroatoms. The summed E-state index contributed by atoms with van der Waals surface area (Å²) in [6.45, 7) is 9.43. The molecule has 4 rings (SSSR count). The number of anilines is 2. The van der Waals surface area contributed by atoms with Crippen LogP contribution in [0.15, 0.2) is 24.3 Å². The number of nitrogens with zero attached hydrogens (tertiary/aromatic N) is 3. The van der Waals surface area contributed by atoms with E-state index in [2.05, 4.69) is 36.2 Å². The van der Waals surface area contributed by atoms with E-state index < -0.39 is 0 Å². The third kappa shape index (κ3) is 4.92. The number of carbonyl (C=O) groups excluding carboxylic acids is 2. The number of nitrogens with one attached hydrogen (secondary N) is 1. The fourth-order valence-corrected chi connectivity index (χ4v) is 5.52. The van der Waals surface area contributed by atoms with Crippen LogP contribution in [0.25, 0.3) is 0 Å². The smallest absolute Gasteiger partial charge is 0.227 e. The molecule has 1 aromatic carbocycles. The van der Waals surface area contributed by atoms with Crippen LogP contribution in [0.3, 0.4) is 0 Å². The lowest BCUT2D eigenvalue weighted by Crippen LogP contribution is -2.48. The lowest BCUT2D eigenvalue weighted by atomic mass is 9.90. The van der Waals surface area contributed by atoms with Gasteiger partial charge in [0.25, 0.3) is 0 Å². The van der Waals surface area contributed by atoms with E-state index in [0.717, 1.165) is 62.0 Å². The Morgan fingerprint density at radius 3 is 2.52 bits per heavy atom. The summed E-state index contributed by atoms with van der Waals surface area (Å²) in [4.78, 5) is 35.1. The molecule has 2 heterocycles. The number of aromatic nitrogens is 1.